The van der Waals surface area contributed by atoms with Crippen LogP contribution in [0.3, 0.4) is 0 Å². The van der Waals surface area contributed by atoms with Gasteiger partial charge in [0.05, 0.1) is 5.69 Å². The van der Waals surface area contributed by atoms with Crippen LogP contribution in [0, 0.1) is 0 Å². The van der Waals surface area contributed by atoms with Gasteiger partial charge in [0.15, 0.2) is 0 Å². The van der Waals surface area contributed by atoms with Crippen LogP contribution in [0.4, 0.5) is 10.5 Å². The van der Waals surface area contributed by atoms with Crippen molar-refractivity contribution in [3.63, 3.8) is 0 Å². The number of amides is 2. The molecular weight excluding hydrogens is 254 g/mol. The van der Waals surface area contributed by atoms with E-state index >= 15 is 0 Å². The summed E-state index contributed by atoms with van der Waals surface area (Å²) in [5.74, 6) is 0. The molecule has 94 valence electrons. The van der Waals surface area contributed by atoms with E-state index in [0.717, 1.165) is 10.8 Å². The van der Waals surface area contributed by atoms with Crippen LogP contribution in [-0.4, -0.2) is 14.4 Å². The van der Waals surface area contributed by atoms with E-state index in [1.807, 2.05) is 18.2 Å². The number of primary amides is 1. The van der Waals surface area contributed by atoms with E-state index in [4.69, 9.17) is 5.73 Å². The maximum Gasteiger partial charge on any atom is 0.327 e. The number of hydrogen-bond acceptors (Lipinski definition) is 3. The van der Waals surface area contributed by atoms with Gasteiger partial charge in [0.25, 0.3) is 0 Å². The van der Waals surface area contributed by atoms with Crippen molar-refractivity contribution in [2.24, 2.45) is 5.73 Å². The summed E-state index contributed by atoms with van der Waals surface area (Å²) in [4.78, 5) is 10.6. The maximum atomic E-state index is 11.5. The number of nitrogens with one attached hydrogen (secondary N) is 2. The molecule has 0 aliphatic rings. The van der Waals surface area contributed by atoms with Crippen molar-refractivity contribution in [2.75, 3.05) is 4.72 Å². The number of benzene rings is 2. The summed E-state index contributed by atoms with van der Waals surface area (Å²) in [5, 5.41) is 1.62. The molecule has 4 N–H and O–H groups in total. The molecular formula is C11H11N3O3S. The zero-order valence-electron chi connectivity index (χ0n) is 9.25. The Labute approximate surface area is 104 Å². The Bertz CT molecular complexity index is 692. The zero-order valence-corrected chi connectivity index (χ0v) is 10.1. The van der Waals surface area contributed by atoms with Crippen molar-refractivity contribution in [3.05, 3.63) is 42.5 Å². The number of hydrogen-bond donors (Lipinski definition) is 3. The molecule has 2 rings (SSSR count). The van der Waals surface area contributed by atoms with Gasteiger partial charge in [-0.25, -0.2) is 9.52 Å². The first-order valence-electron chi connectivity index (χ1n) is 5.06. The third-order valence-electron chi connectivity index (χ3n) is 2.27. The second-order valence-electron chi connectivity index (χ2n) is 3.60. The summed E-state index contributed by atoms with van der Waals surface area (Å²) in [7, 11) is -4.00. The van der Waals surface area contributed by atoms with Crippen LogP contribution in [0.15, 0.2) is 42.5 Å². The molecule has 6 nitrogen and oxygen atoms in total. The molecule has 0 aliphatic carbocycles. The standard InChI is InChI=1S/C11H11N3O3S/c12-11(15)14-18(16,17)13-10-7-3-5-8-4-1-2-6-9(8)10/h1-7,13H,(H3,12,14,15). The molecule has 0 aromatic heterocycles. The third-order valence-corrected chi connectivity index (χ3v) is 3.23. The lowest BCUT2D eigenvalue weighted by Crippen LogP contribution is -2.38. The van der Waals surface area contributed by atoms with Gasteiger partial charge in [-0.3, -0.25) is 4.72 Å². The number of nitrogens with two attached hydrogens (primary N) is 1. The molecule has 0 saturated heterocycles. The number of fused-ring (bicyclic) bond motifs is 1. The number of urea groups is 1. The molecule has 0 unspecified atom stereocenters. The Balaban J connectivity index is 2.41. The normalized spacial score (nSPS) is 11.1. The molecule has 0 bridgehead atoms. The predicted octanol–water partition coefficient (Wildman–Crippen LogP) is 1.16. The summed E-state index contributed by atoms with van der Waals surface area (Å²) in [6.45, 7) is 0. The number of rotatable bonds is 3. The molecule has 2 amide bonds. The first-order chi connectivity index (χ1) is 8.48. The van der Waals surface area contributed by atoms with E-state index in [2.05, 4.69) is 4.72 Å². The molecule has 7 heteroatoms. The Morgan fingerprint density at radius 2 is 1.72 bits per heavy atom. The molecule has 18 heavy (non-hydrogen) atoms. The smallest absolute Gasteiger partial charge is 0.327 e. The van der Waals surface area contributed by atoms with Gasteiger partial charge >= 0.3 is 16.2 Å². The number of anilines is 1. The highest BCUT2D eigenvalue weighted by Gasteiger charge is 2.13. The summed E-state index contributed by atoms with van der Waals surface area (Å²) in [6.07, 6.45) is 0. The van der Waals surface area contributed by atoms with Crippen molar-refractivity contribution in [3.8, 4) is 0 Å². The SMILES string of the molecule is NC(=O)NS(=O)(=O)Nc1cccc2ccccc12. The van der Waals surface area contributed by atoms with Crippen molar-refractivity contribution in [1.29, 1.82) is 0 Å². The van der Waals surface area contributed by atoms with Crippen molar-refractivity contribution in [1.82, 2.24) is 4.72 Å². The van der Waals surface area contributed by atoms with E-state index in [1.165, 1.54) is 0 Å². The average Bonchev–Trinajstić information content (AvgIpc) is 2.27. The molecule has 2 aromatic rings. The van der Waals surface area contributed by atoms with E-state index in [0.29, 0.717) is 5.69 Å². The van der Waals surface area contributed by atoms with Crippen LogP contribution >= 0.6 is 0 Å². The van der Waals surface area contributed by atoms with E-state index in [-0.39, 0.29) is 0 Å². The first kappa shape index (κ1) is 12.2. The molecule has 0 spiro atoms. The topological polar surface area (TPSA) is 101 Å². The van der Waals surface area contributed by atoms with Gasteiger partial charge in [0, 0.05) is 5.39 Å². The summed E-state index contributed by atoms with van der Waals surface area (Å²) in [6, 6.07) is 11.3. The second-order valence-corrected chi connectivity index (χ2v) is 5.01. The molecule has 0 heterocycles. The van der Waals surface area contributed by atoms with E-state index in [9.17, 15) is 13.2 Å². The minimum Gasteiger partial charge on any atom is -0.351 e. The van der Waals surface area contributed by atoms with Crippen molar-refractivity contribution in [2.45, 2.75) is 0 Å². The molecule has 0 radical (unpaired) electrons. The lowest BCUT2D eigenvalue weighted by atomic mass is 10.1. The fourth-order valence-electron chi connectivity index (χ4n) is 1.62. The van der Waals surface area contributed by atoms with E-state index < -0.39 is 16.2 Å². The van der Waals surface area contributed by atoms with Crippen LogP contribution < -0.4 is 15.2 Å². The lowest BCUT2D eigenvalue weighted by molar-refractivity contribution is 0.253. The fourth-order valence-corrected chi connectivity index (χ4v) is 2.40. The minimum absolute atomic E-state index is 0.377. The second kappa shape index (κ2) is 4.53. The van der Waals surface area contributed by atoms with Gasteiger partial charge < -0.3 is 5.73 Å². The zero-order chi connectivity index (χ0) is 13.2. The van der Waals surface area contributed by atoms with Gasteiger partial charge in [-0.05, 0) is 11.5 Å². The van der Waals surface area contributed by atoms with Gasteiger partial charge in [0.2, 0.25) is 0 Å². The van der Waals surface area contributed by atoms with Gasteiger partial charge in [-0.15, -0.1) is 0 Å². The summed E-state index contributed by atoms with van der Waals surface area (Å²) < 4.78 is 26.9. The molecule has 0 aliphatic heterocycles. The number of carbonyl (C=O) groups excluding carboxylic acids is 1. The Morgan fingerprint density at radius 1 is 1.06 bits per heavy atom. The minimum atomic E-state index is -4.00. The predicted molar refractivity (Wildman–Crippen MR) is 69.2 cm³/mol. The summed E-state index contributed by atoms with van der Waals surface area (Å²) in [5.41, 5.74) is 5.15. The van der Waals surface area contributed by atoms with Crippen LogP contribution in [0.1, 0.15) is 0 Å². The molecule has 0 saturated carbocycles. The Morgan fingerprint density at radius 3 is 2.44 bits per heavy atom. The van der Waals surface area contributed by atoms with Crippen LogP contribution in [0.25, 0.3) is 10.8 Å². The largest absolute Gasteiger partial charge is 0.351 e. The maximum absolute atomic E-state index is 11.5. The Hall–Kier alpha value is -2.28. The highest BCUT2D eigenvalue weighted by atomic mass is 32.2. The quantitative estimate of drug-likeness (QED) is 0.776. The average molecular weight is 265 g/mol. The number of carbonyl (C=O) groups is 1. The Kier molecular flexibility index (Phi) is 3.07. The molecule has 0 fully saturated rings. The van der Waals surface area contributed by atoms with E-state index in [1.54, 1.807) is 29.0 Å². The van der Waals surface area contributed by atoms with Crippen LogP contribution in [0.2, 0.25) is 0 Å². The monoisotopic (exact) mass is 265 g/mol. The molecule has 2 aromatic carbocycles. The van der Waals surface area contributed by atoms with Gasteiger partial charge in [-0.2, -0.15) is 8.42 Å². The molecule has 0 atom stereocenters. The highest BCUT2D eigenvalue weighted by molar-refractivity contribution is 7.91. The van der Waals surface area contributed by atoms with Crippen LogP contribution in [0.5, 0.6) is 0 Å². The summed E-state index contributed by atoms with van der Waals surface area (Å²) >= 11 is 0. The first-order valence-corrected chi connectivity index (χ1v) is 6.54. The third kappa shape index (κ3) is 2.69. The van der Waals surface area contributed by atoms with Crippen molar-refractivity contribution >= 4 is 32.7 Å². The van der Waals surface area contributed by atoms with Crippen LogP contribution in [-0.2, 0) is 10.2 Å². The highest BCUT2D eigenvalue weighted by Crippen LogP contribution is 2.23. The van der Waals surface area contributed by atoms with Crippen molar-refractivity contribution < 1.29 is 13.2 Å². The van der Waals surface area contributed by atoms with Gasteiger partial charge in [0.1, 0.15) is 0 Å². The fraction of sp³-hybridized carbons (Fsp3) is 0. The lowest BCUT2D eigenvalue weighted by Gasteiger charge is -2.10. The van der Waals surface area contributed by atoms with Gasteiger partial charge in [-0.1, -0.05) is 36.4 Å².